The molecule has 0 amide bonds. The van der Waals surface area contributed by atoms with Crippen LogP contribution >= 0.6 is 0 Å². The summed E-state index contributed by atoms with van der Waals surface area (Å²) in [5.41, 5.74) is 6.29. The van der Waals surface area contributed by atoms with Crippen molar-refractivity contribution in [3.8, 4) is 29.3 Å². The molecule has 9 nitrogen and oxygen atoms in total. The van der Waals surface area contributed by atoms with Crippen LogP contribution in [-0.2, 0) is 48.4 Å². The van der Waals surface area contributed by atoms with E-state index in [1.165, 1.54) is 5.56 Å². The molecule has 306 valence electrons. The summed E-state index contributed by atoms with van der Waals surface area (Å²) in [6, 6.07) is 19.7. The zero-order chi connectivity index (χ0) is 41.0. The average molecular weight is 788 g/mol. The maximum Gasteiger partial charge on any atom is 0.161 e. The fourth-order valence-corrected chi connectivity index (χ4v) is 8.07. The molecule has 1 aliphatic carbocycles. The first-order valence-corrected chi connectivity index (χ1v) is 20.6. The highest BCUT2D eigenvalue weighted by molar-refractivity contribution is 5.92. The van der Waals surface area contributed by atoms with Gasteiger partial charge in [-0.15, -0.1) is 0 Å². The van der Waals surface area contributed by atoms with Crippen molar-refractivity contribution in [2.45, 2.75) is 103 Å². The van der Waals surface area contributed by atoms with Gasteiger partial charge in [0.05, 0.1) is 19.8 Å². The smallest absolute Gasteiger partial charge is 0.161 e. The highest BCUT2D eigenvalue weighted by Crippen LogP contribution is 2.36. The minimum absolute atomic E-state index is 0.0453. The molecule has 4 atom stereocenters. The molecular weight excluding hydrogens is 731 g/mol. The van der Waals surface area contributed by atoms with Gasteiger partial charge in [0.2, 0.25) is 0 Å². The van der Waals surface area contributed by atoms with Crippen LogP contribution in [0.4, 0.5) is 5.69 Å². The number of hydrogen-bond acceptors (Lipinski definition) is 9. The first-order chi connectivity index (χ1) is 28.1. The van der Waals surface area contributed by atoms with Crippen molar-refractivity contribution in [2.75, 3.05) is 19.0 Å². The van der Waals surface area contributed by atoms with Crippen molar-refractivity contribution in [3.63, 3.8) is 0 Å². The lowest BCUT2D eigenvalue weighted by molar-refractivity contribution is -0.121. The fourth-order valence-electron chi connectivity index (χ4n) is 8.07. The lowest BCUT2D eigenvalue weighted by Gasteiger charge is -2.28. The van der Waals surface area contributed by atoms with Crippen LogP contribution in [0.3, 0.4) is 0 Å². The van der Waals surface area contributed by atoms with Gasteiger partial charge in [-0.1, -0.05) is 43.5 Å². The summed E-state index contributed by atoms with van der Waals surface area (Å²) >= 11 is 0. The Balaban J connectivity index is 1.23. The zero-order valence-corrected chi connectivity index (χ0v) is 33.9. The quantitative estimate of drug-likeness (QED) is 0.0665. The molecule has 0 spiro atoms. The molecule has 5 N–H and O–H groups in total. The number of anilines is 1. The van der Waals surface area contributed by atoms with Crippen molar-refractivity contribution in [1.82, 2.24) is 0 Å². The maximum absolute atomic E-state index is 13.6. The Morgan fingerprint density at radius 3 is 2.66 bits per heavy atom. The summed E-state index contributed by atoms with van der Waals surface area (Å²) in [6.45, 7) is 4.29. The number of carbonyl (C=O) groups is 1. The van der Waals surface area contributed by atoms with E-state index in [9.17, 15) is 25.2 Å². The molecule has 0 fully saturated rings. The molecule has 4 aromatic rings. The van der Waals surface area contributed by atoms with Gasteiger partial charge in [0.25, 0.3) is 0 Å². The van der Waals surface area contributed by atoms with Crippen molar-refractivity contribution >= 4 is 22.2 Å². The third-order valence-electron chi connectivity index (χ3n) is 11.3. The van der Waals surface area contributed by atoms with Gasteiger partial charge in [-0.05, 0) is 150 Å². The van der Waals surface area contributed by atoms with Crippen molar-refractivity contribution in [3.05, 3.63) is 118 Å². The first-order valence-electron chi connectivity index (χ1n) is 20.6. The third kappa shape index (κ3) is 11.1. The van der Waals surface area contributed by atoms with E-state index in [0.29, 0.717) is 54.9 Å². The van der Waals surface area contributed by atoms with Crippen LogP contribution in [-0.4, -0.2) is 52.1 Å². The highest BCUT2D eigenvalue weighted by atomic mass is 16.5. The molecule has 0 aromatic heterocycles. The summed E-state index contributed by atoms with van der Waals surface area (Å²) in [6.07, 6.45) is 13.8. The Labute approximate surface area is 342 Å². The monoisotopic (exact) mass is 787 g/mol. The van der Waals surface area contributed by atoms with E-state index in [0.717, 1.165) is 58.8 Å². The van der Waals surface area contributed by atoms with E-state index in [1.54, 1.807) is 26.2 Å². The van der Waals surface area contributed by atoms with Gasteiger partial charge in [0.15, 0.2) is 11.5 Å². The molecule has 2 aliphatic heterocycles. The minimum atomic E-state index is -0.520. The van der Waals surface area contributed by atoms with Crippen molar-refractivity contribution in [2.24, 2.45) is 11.8 Å². The lowest BCUT2D eigenvalue weighted by Crippen LogP contribution is -2.24. The summed E-state index contributed by atoms with van der Waals surface area (Å²) in [4.78, 5) is 13.6. The summed E-state index contributed by atoms with van der Waals surface area (Å²) in [5.74, 6) is 4.72. The number of aliphatic hydroxyl groups is 3. The number of unbranched alkanes of at least 4 members (excludes halogenated alkanes) is 1. The van der Waals surface area contributed by atoms with E-state index >= 15 is 0 Å². The van der Waals surface area contributed by atoms with Crippen LogP contribution in [0.2, 0.25) is 0 Å². The number of phenols is 1. The van der Waals surface area contributed by atoms with Gasteiger partial charge in [-0.3, -0.25) is 4.79 Å². The van der Waals surface area contributed by atoms with Gasteiger partial charge in [-0.25, -0.2) is 0 Å². The Morgan fingerprint density at radius 1 is 1.00 bits per heavy atom. The third-order valence-corrected chi connectivity index (χ3v) is 11.3. The van der Waals surface area contributed by atoms with Crippen LogP contribution in [0.5, 0.6) is 17.2 Å². The number of hydrogen-bond donors (Lipinski definition) is 5. The number of phenolic OH excluding ortho intramolecular Hbond substituents is 1. The number of aryl methyl sites for hydroxylation is 3. The second-order valence-electron chi connectivity index (χ2n) is 15.6. The average Bonchev–Trinajstić information content (AvgIpc) is 3.22. The van der Waals surface area contributed by atoms with Gasteiger partial charge in [0.1, 0.15) is 36.1 Å². The SMILES string of the molecule is CCc1cc(O)c2c3cc(CO)c(cc13)COc1cc(ccc1OC)CCC(=O)CC(CC1C=C(O)C=CC1CCCCc1cccc(NCC(C)O)c1)OC#CC2. The maximum atomic E-state index is 13.6. The molecule has 0 saturated heterocycles. The number of aliphatic hydroxyl groups excluding tert-OH is 3. The van der Waals surface area contributed by atoms with Crippen LogP contribution in [0.1, 0.15) is 85.8 Å². The fraction of sp³-hybridized carbons (Fsp3) is 0.408. The van der Waals surface area contributed by atoms with Crippen LogP contribution in [0, 0.1) is 23.9 Å². The zero-order valence-electron chi connectivity index (χ0n) is 33.9. The number of allylic oxidation sites excluding steroid dienone is 3. The number of rotatable bonds is 13. The number of Topliss-reactive ketones (excluding diaryl/α,β-unsaturated/α-hetero) is 1. The highest BCUT2D eigenvalue weighted by Gasteiger charge is 2.27. The Morgan fingerprint density at radius 2 is 1.86 bits per heavy atom. The number of fused-ring (bicyclic) bond motifs is 9. The Kier molecular flexibility index (Phi) is 14.8. The first kappa shape index (κ1) is 42.2. The predicted molar refractivity (Wildman–Crippen MR) is 228 cm³/mol. The topological polar surface area (TPSA) is 138 Å². The summed E-state index contributed by atoms with van der Waals surface area (Å²) in [5, 5.41) is 46.9. The molecule has 9 heteroatoms. The Hall–Kier alpha value is -5.43. The second kappa shape index (κ2) is 20.3. The number of ketones is 1. The number of ether oxygens (including phenoxy) is 3. The van der Waals surface area contributed by atoms with Crippen molar-refractivity contribution < 1.29 is 39.4 Å². The number of carbonyl (C=O) groups excluding carboxylic acids is 1. The molecule has 7 rings (SSSR count). The number of benzene rings is 4. The lowest BCUT2D eigenvalue weighted by atomic mass is 9.80. The Bertz CT molecular complexity index is 2180. The van der Waals surface area contributed by atoms with E-state index < -0.39 is 12.2 Å². The molecular formula is C49H57NO8. The molecule has 6 bridgehead atoms. The standard InChI is InChI=1S/C49H57NO8/c1-4-35-27-47(55)44-13-8-20-57-43(24-37-23-41(53)18-16-36(37)11-6-5-9-33-10-7-12-40(21-33)50-29-32(2)52)28-42(54)17-14-34-15-19-48(56-3)49(22-34)58-31-39-26-45(35)46(44)25-38(39)30-51/h7,10,12,15-16,18-19,21-23,25-27,32,36-37,43,50-53,55H,4-6,9,11,13-14,17,24,28-31H2,1-3H3. The molecule has 58 heavy (non-hydrogen) atoms. The van der Waals surface area contributed by atoms with Gasteiger partial charge >= 0.3 is 0 Å². The van der Waals surface area contributed by atoms with Crippen LogP contribution in [0.15, 0.2) is 84.7 Å². The van der Waals surface area contributed by atoms with E-state index in [1.807, 2.05) is 55.5 Å². The van der Waals surface area contributed by atoms with Crippen molar-refractivity contribution in [1.29, 1.82) is 0 Å². The van der Waals surface area contributed by atoms with E-state index in [-0.39, 0.29) is 55.2 Å². The van der Waals surface area contributed by atoms with Crippen LogP contribution < -0.4 is 14.8 Å². The van der Waals surface area contributed by atoms with E-state index in [4.69, 9.17) is 14.2 Å². The molecule has 0 radical (unpaired) electrons. The molecule has 3 aliphatic rings. The second-order valence-corrected chi connectivity index (χ2v) is 15.6. The van der Waals surface area contributed by atoms with Crippen LogP contribution in [0.25, 0.3) is 10.8 Å². The number of aromatic hydroxyl groups is 1. The predicted octanol–water partition coefficient (Wildman–Crippen LogP) is 8.82. The van der Waals surface area contributed by atoms with E-state index in [2.05, 4.69) is 35.6 Å². The number of nitrogens with one attached hydrogen (secondary N) is 1. The van der Waals surface area contributed by atoms with Gasteiger partial charge in [-0.2, -0.15) is 0 Å². The van der Waals surface area contributed by atoms with Gasteiger partial charge in [0, 0.05) is 37.1 Å². The normalized spacial score (nSPS) is 18.9. The minimum Gasteiger partial charge on any atom is -0.508 e. The summed E-state index contributed by atoms with van der Waals surface area (Å²) < 4.78 is 18.2. The van der Waals surface area contributed by atoms with Gasteiger partial charge < -0.3 is 40.0 Å². The largest absolute Gasteiger partial charge is 0.508 e. The summed E-state index contributed by atoms with van der Waals surface area (Å²) in [7, 11) is 1.59. The molecule has 2 heterocycles. The number of methoxy groups -OCH3 is 1. The molecule has 4 unspecified atom stereocenters. The molecule has 4 aromatic carbocycles. The molecule has 0 saturated carbocycles.